The summed E-state index contributed by atoms with van der Waals surface area (Å²) in [6.07, 6.45) is 4.95. The Balaban J connectivity index is 1.53. The molecule has 0 unspecified atom stereocenters. The second-order valence-electron chi connectivity index (χ2n) is 7.02. The van der Waals surface area contributed by atoms with Crippen LogP contribution in [0.1, 0.15) is 20.7 Å². The largest absolute Gasteiger partial charge is 0.361 e. The summed E-state index contributed by atoms with van der Waals surface area (Å²) in [5.74, 6) is 0.382. The first kappa shape index (κ1) is 19.7. The van der Waals surface area contributed by atoms with Crippen molar-refractivity contribution in [3.8, 4) is 0 Å². The van der Waals surface area contributed by atoms with Crippen molar-refractivity contribution >= 4 is 61.5 Å². The van der Waals surface area contributed by atoms with Gasteiger partial charge in [0.2, 0.25) is 0 Å². The molecule has 5 rings (SSSR count). The maximum absolute atomic E-state index is 13.1. The number of H-pyrrole nitrogens is 1. The molecule has 0 saturated carbocycles. The number of nitrogens with zero attached hydrogens (tertiary/aromatic N) is 2. The molecule has 5 aromatic rings. The normalized spacial score (nSPS) is 10.9. The van der Waals surface area contributed by atoms with Crippen molar-refractivity contribution in [3.63, 3.8) is 0 Å². The van der Waals surface area contributed by atoms with Crippen molar-refractivity contribution in [2.75, 3.05) is 17.7 Å². The van der Waals surface area contributed by atoms with Gasteiger partial charge in [0.25, 0.3) is 11.8 Å². The Bertz CT molecular complexity index is 1470. The van der Waals surface area contributed by atoms with E-state index in [-0.39, 0.29) is 11.8 Å². The first-order valence-electron chi connectivity index (χ1n) is 9.83. The van der Waals surface area contributed by atoms with E-state index < -0.39 is 0 Å². The van der Waals surface area contributed by atoms with E-state index in [1.165, 1.54) is 17.5 Å². The maximum Gasteiger partial charge on any atom is 0.257 e. The highest BCUT2D eigenvalue weighted by Gasteiger charge is 2.17. The minimum absolute atomic E-state index is 0.283. The molecule has 2 amide bonds. The summed E-state index contributed by atoms with van der Waals surface area (Å²) in [6, 6.07) is 13.1. The highest BCUT2D eigenvalue weighted by molar-refractivity contribution is 7.17. The number of aromatic amines is 1. The molecule has 0 aliphatic carbocycles. The summed E-state index contributed by atoms with van der Waals surface area (Å²) < 4.78 is 1.02. The number of carbonyl (C=O) groups is 2. The number of hydrogen-bond donors (Lipinski definition) is 4. The number of thiophene rings is 1. The number of pyridine rings is 2. The maximum atomic E-state index is 13.1. The number of fused-ring (bicyclic) bond motifs is 2. The van der Waals surface area contributed by atoms with Crippen LogP contribution in [0.2, 0.25) is 0 Å². The Labute approximate surface area is 186 Å². The molecule has 4 N–H and O–H groups in total. The fraction of sp³-hybridized carbons (Fsp3) is 0.0435. The molecule has 0 spiro atoms. The van der Waals surface area contributed by atoms with Crippen molar-refractivity contribution in [3.05, 3.63) is 77.6 Å². The minimum atomic E-state index is -0.300. The molecule has 0 aliphatic rings. The number of benzene rings is 1. The summed E-state index contributed by atoms with van der Waals surface area (Å²) in [4.78, 5) is 37.2. The van der Waals surface area contributed by atoms with Crippen molar-refractivity contribution in [1.82, 2.24) is 20.3 Å². The van der Waals surface area contributed by atoms with Crippen LogP contribution in [0, 0.1) is 0 Å². The van der Waals surface area contributed by atoms with E-state index in [0.717, 1.165) is 21.0 Å². The van der Waals surface area contributed by atoms with Gasteiger partial charge in [0.1, 0.15) is 5.82 Å². The molecular weight excluding hydrogens is 424 g/mol. The Morgan fingerprint density at radius 3 is 2.75 bits per heavy atom. The number of anilines is 3. The molecule has 4 heterocycles. The van der Waals surface area contributed by atoms with Gasteiger partial charge in [0.05, 0.1) is 22.3 Å². The van der Waals surface area contributed by atoms with E-state index in [1.54, 1.807) is 19.3 Å². The van der Waals surface area contributed by atoms with Crippen LogP contribution < -0.4 is 16.0 Å². The first-order valence-corrected chi connectivity index (χ1v) is 10.7. The van der Waals surface area contributed by atoms with Gasteiger partial charge in [-0.15, -0.1) is 11.3 Å². The van der Waals surface area contributed by atoms with E-state index in [0.29, 0.717) is 28.5 Å². The number of hydrogen-bond acceptors (Lipinski definition) is 6. The van der Waals surface area contributed by atoms with Crippen molar-refractivity contribution in [1.29, 1.82) is 0 Å². The lowest BCUT2D eigenvalue weighted by Gasteiger charge is -2.13. The minimum Gasteiger partial charge on any atom is -0.361 e. The molecule has 0 fully saturated rings. The van der Waals surface area contributed by atoms with Crippen molar-refractivity contribution in [2.45, 2.75) is 0 Å². The summed E-state index contributed by atoms with van der Waals surface area (Å²) in [6.45, 7) is 0. The van der Waals surface area contributed by atoms with E-state index >= 15 is 0 Å². The van der Waals surface area contributed by atoms with Crippen LogP contribution in [0.4, 0.5) is 17.3 Å². The van der Waals surface area contributed by atoms with Gasteiger partial charge in [0, 0.05) is 46.5 Å². The fourth-order valence-electron chi connectivity index (χ4n) is 3.47. The van der Waals surface area contributed by atoms with Gasteiger partial charge < -0.3 is 20.9 Å². The molecule has 0 bridgehead atoms. The Morgan fingerprint density at radius 1 is 1.00 bits per heavy atom. The highest BCUT2D eigenvalue weighted by atomic mass is 32.1. The van der Waals surface area contributed by atoms with Crippen LogP contribution in [-0.2, 0) is 0 Å². The van der Waals surface area contributed by atoms with Gasteiger partial charge in [-0.05, 0) is 24.3 Å². The molecule has 0 radical (unpaired) electrons. The quantitative estimate of drug-likeness (QED) is 0.320. The molecular formula is C23H18N6O2S. The lowest BCUT2D eigenvalue weighted by atomic mass is 10.1. The van der Waals surface area contributed by atoms with Gasteiger partial charge in [-0.25, -0.2) is 9.97 Å². The molecule has 4 aromatic heterocycles. The molecule has 9 heteroatoms. The second-order valence-corrected chi connectivity index (χ2v) is 7.93. The van der Waals surface area contributed by atoms with Crippen LogP contribution in [0.15, 0.2) is 66.4 Å². The highest BCUT2D eigenvalue weighted by Crippen LogP contribution is 2.30. The predicted molar refractivity (Wildman–Crippen MR) is 127 cm³/mol. The number of rotatable bonds is 5. The molecule has 1 aromatic carbocycles. The van der Waals surface area contributed by atoms with Gasteiger partial charge in [-0.3, -0.25) is 9.59 Å². The SMILES string of the molecule is CNC(=O)c1cnc(Nc2nccc3[nH]ccc23)c(NC(=O)c2csc3ccccc23)c1. The van der Waals surface area contributed by atoms with Crippen LogP contribution >= 0.6 is 11.3 Å². The lowest BCUT2D eigenvalue weighted by molar-refractivity contribution is 0.0961. The number of nitrogens with one attached hydrogen (secondary N) is 4. The second kappa shape index (κ2) is 8.12. The van der Waals surface area contributed by atoms with E-state index in [9.17, 15) is 9.59 Å². The third kappa shape index (κ3) is 3.54. The monoisotopic (exact) mass is 442 g/mol. The molecule has 0 aliphatic heterocycles. The zero-order valence-electron chi connectivity index (χ0n) is 17.0. The molecule has 158 valence electrons. The smallest absolute Gasteiger partial charge is 0.257 e. The molecule has 0 saturated heterocycles. The zero-order chi connectivity index (χ0) is 22.1. The molecule has 32 heavy (non-hydrogen) atoms. The van der Waals surface area contributed by atoms with Crippen molar-refractivity contribution < 1.29 is 9.59 Å². The Kier molecular flexibility index (Phi) is 5.00. The van der Waals surface area contributed by atoms with Gasteiger partial charge in [0.15, 0.2) is 5.82 Å². The standard InChI is InChI=1S/C23H18N6O2S/c1-24-22(30)13-10-18(28-23(31)16-12-32-19-5-3-2-4-14(16)19)21(27-11-13)29-20-15-6-8-25-17(15)7-9-26-20/h2-12,25H,1H3,(H,24,30)(H,28,31)(H,26,27,29). The third-order valence-electron chi connectivity index (χ3n) is 5.07. The number of carbonyl (C=O) groups excluding carboxylic acids is 2. The first-order chi connectivity index (χ1) is 15.6. The predicted octanol–water partition coefficient (Wildman–Crippen LogP) is 4.53. The van der Waals surface area contributed by atoms with Gasteiger partial charge in [-0.1, -0.05) is 18.2 Å². The zero-order valence-corrected chi connectivity index (χ0v) is 17.8. The van der Waals surface area contributed by atoms with E-state index in [4.69, 9.17) is 0 Å². The Morgan fingerprint density at radius 2 is 1.88 bits per heavy atom. The average Bonchev–Trinajstić information content (AvgIpc) is 3.47. The Hall–Kier alpha value is -4.24. The van der Waals surface area contributed by atoms with E-state index in [2.05, 4.69) is 30.9 Å². The number of amides is 2. The topological polar surface area (TPSA) is 112 Å². The van der Waals surface area contributed by atoms with Gasteiger partial charge >= 0.3 is 0 Å². The lowest BCUT2D eigenvalue weighted by Crippen LogP contribution is -2.19. The summed E-state index contributed by atoms with van der Waals surface area (Å²) >= 11 is 1.50. The summed E-state index contributed by atoms with van der Waals surface area (Å²) in [5, 5.41) is 12.3. The summed E-state index contributed by atoms with van der Waals surface area (Å²) in [5.41, 5.74) is 2.18. The average molecular weight is 443 g/mol. The molecule has 0 atom stereocenters. The molecule has 8 nitrogen and oxygen atoms in total. The fourth-order valence-corrected chi connectivity index (χ4v) is 4.41. The van der Waals surface area contributed by atoms with Crippen LogP contribution in [-0.4, -0.2) is 33.8 Å². The number of aromatic nitrogens is 3. The van der Waals surface area contributed by atoms with E-state index in [1.807, 2.05) is 48.0 Å². The van der Waals surface area contributed by atoms with Crippen LogP contribution in [0.25, 0.3) is 21.0 Å². The van der Waals surface area contributed by atoms with Crippen LogP contribution in [0.5, 0.6) is 0 Å². The third-order valence-corrected chi connectivity index (χ3v) is 6.03. The van der Waals surface area contributed by atoms with Crippen molar-refractivity contribution in [2.24, 2.45) is 0 Å². The summed E-state index contributed by atoms with van der Waals surface area (Å²) in [7, 11) is 1.54. The van der Waals surface area contributed by atoms with Crippen LogP contribution in [0.3, 0.4) is 0 Å². The van der Waals surface area contributed by atoms with Gasteiger partial charge in [-0.2, -0.15) is 0 Å².